The highest BCUT2D eigenvalue weighted by Gasteiger charge is 2.12. The second-order valence-electron chi connectivity index (χ2n) is 3.95. The number of rotatable bonds is 3. The minimum absolute atomic E-state index is 0.444. The molecule has 0 atom stereocenters. The maximum Gasteiger partial charge on any atom is 0.200 e. The Hall–Kier alpha value is -1.56. The van der Waals surface area contributed by atoms with Gasteiger partial charge in [0.1, 0.15) is 0 Å². The van der Waals surface area contributed by atoms with E-state index in [-0.39, 0.29) is 0 Å². The molecule has 3 aromatic rings. The molecule has 0 saturated heterocycles. The lowest BCUT2D eigenvalue weighted by molar-refractivity contribution is 0.918. The Morgan fingerprint density at radius 1 is 1.16 bits per heavy atom. The van der Waals surface area contributed by atoms with Crippen molar-refractivity contribution >= 4 is 29.0 Å². The van der Waals surface area contributed by atoms with Crippen molar-refractivity contribution in [3.63, 3.8) is 0 Å². The van der Waals surface area contributed by atoms with Crippen LogP contribution in [0, 0.1) is 0 Å². The maximum atomic E-state index is 6.24. The minimum atomic E-state index is 0.444. The van der Waals surface area contributed by atoms with E-state index in [1.807, 2.05) is 47.0 Å². The van der Waals surface area contributed by atoms with Gasteiger partial charge in [0.25, 0.3) is 0 Å². The summed E-state index contributed by atoms with van der Waals surface area (Å²) in [5.41, 5.74) is 7.56. The Morgan fingerprint density at radius 3 is 2.89 bits per heavy atom. The van der Waals surface area contributed by atoms with E-state index in [2.05, 4.69) is 10.2 Å². The zero-order chi connectivity index (χ0) is 13.2. The fraction of sp³-hybridized carbons (Fsp3) is 0.0769. The molecule has 2 heterocycles. The first kappa shape index (κ1) is 12.5. The van der Waals surface area contributed by atoms with Crippen LogP contribution in [0.5, 0.6) is 0 Å². The summed E-state index contributed by atoms with van der Waals surface area (Å²) >= 11 is 7.72. The van der Waals surface area contributed by atoms with Crippen molar-refractivity contribution in [1.29, 1.82) is 0 Å². The van der Waals surface area contributed by atoms with Crippen LogP contribution < -0.4 is 5.73 Å². The van der Waals surface area contributed by atoms with Gasteiger partial charge in [-0.2, -0.15) is 0 Å². The quantitative estimate of drug-likeness (QED) is 0.806. The third kappa shape index (κ3) is 2.32. The van der Waals surface area contributed by atoms with Crippen LogP contribution in [0.2, 0.25) is 5.02 Å². The van der Waals surface area contributed by atoms with Gasteiger partial charge in [0.2, 0.25) is 0 Å². The van der Waals surface area contributed by atoms with E-state index in [1.54, 1.807) is 0 Å². The monoisotopic (exact) mass is 290 g/mol. The van der Waals surface area contributed by atoms with Gasteiger partial charge in [-0.25, -0.2) is 0 Å². The minimum Gasteiger partial charge on any atom is -0.326 e. The molecule has 1 aromatic carbocycles. The van der Waals surface area contributed by atoms with Crippen LogP contribution in [0.25, 0.3) is 5.65 Å². The largest absolute Gasteiger partial charge is 0.326 e. The lowest BCUT2D eigenvalue weighted by Crippen LogP contribution is -1.99. The number of nitrogens with two attached hydrogens (primary N) is 1. The molecule has 19 heavy (non-hydrogen) atoms. The number of fused-ring (bicyclic) bond motifs is 1. The summed E-state index contributed by atoms with van der Waals surface area (Å²) in [7, 11) is 0. The molecule has 0 bridgehead atoms. The first-order chi connectivity index (χ1) is 9.29. The molecule has 0 aliphatic carbocycles. The summed E-state index contributed by atoms with van der Waals surface area (Å²) in [6.07, 6.45) is 1.93. The first-order valence-electron chi connectivity index (χ1n) is 5.74. The molecule has 2 aromatic heterocycles. The van der Waals surface area contributed by atoms with Crippen molar-refractivity contribution in [3.8, 4) is 0 Å². The molecule has 0 fully saturated rings. The summed E-state index contributed by atoms with van der Waals surface area (Å²) in [6, 6.07) is 11.5. The predicted molar refractivity (Wildman–Crippen MR) is 76.5 cm³/mol. The smallest absolute Gasteiger partial charge is 0.200 e. The first-order valence-corrected chi connectivity index (χ1v) is 6.94. The van der Waals surface area contributed by atoms with Gasteiger partial charge in [-0.05, 0) is 35.5 Å². The van der Waals surface area contributed by atoms with E-state index < -0.39 is 0 Å². The zero-order valence-electron chi connectivity index (χ0n) is 9.95. The number of aromatic nitrogens is 3. The average molecular weight is 291 g/mol. The number of halogens is 1. The summed E-state index contributed by atoms with van der Waals surface area (Å²) in [5, 5.41) is 9.76. The molecule has 96 valence electrons. The Labute approximate surface area is 119 Å². The number of benzene rings is 1. The normalized spacial score (nSPS) is 11.1. The molecule has 6 heteroatoms. The van der Waals surface area contributed by atoms with Crippen LogP contribution in [0.4, 0.5) is 0 Å². The number of hydrogen-bond donors (Lipinski definition) is 1. The molecule has 0 aliphatic rings. The van der Waals surface area contributed by atoms with Gasteiger partial charge in [-0.3, -0.25) is 4.40 Å². The second-order valence-corrected chi connectivity index (χ2v) is 5.33. The van der Waals surface area contributed by atoms with Gasteiger partial charge in [-0.15, -0.1) is 10.2 Å². The van der Waals surface area contributed by atoms with Crippen molar-refractivity contribution in [3.05, 3.63) is 53.2 Å². The van der Waals surface area contributed by atoms with Gasteiger partial charge in [-0.1, -0.05) is 29.8 Å². The van der Waals surface area contributed by atoms with Gasteiger partial charge in [0.15, 0.2) is 10.8 Å². The summed E-state index contributed by atoms with van der Waals surface area (Å²) in [4.78, 5) is 0.935. The number of hydrogen-bond acceptors (Lipinski definition) is 4. The van der Waals surface area contributed by atoms with E-state index in [9.17, 15) is 0 Å². The SMILES string of the molecule is NCc1cccc(Cl)c1Sc1nnc2ccccn12. The summed E-state index contributed by atoms with van der Waals surface area (Å²) in [6.45, 7) is 0.444. The van der Waals surface area contributed by atoms with E-state index in [1.165, 1.54) is 11.8 Å². The van der Waals surface area contributed by atoms with Gasteiger partial charge < -0.3 is 5.73 Å². The molecule has 2 N–H and O–H groups in total. The van der Waals surface area contributed by atoms with E-state index in [0.717, 1.165) is 21.3 Å². The summed E-state index contributed by atoms with van der Waals surface area (Å²) in [5.74, 6) is 0. The van der Waals surface area contributed by atoms with Crippen LogP contribution in [-0.2, 0) is 6.54 Å². The predicted octanol–water partition coefficient (Wildman–Crippen LogP) is 2.99. The maximum absolute atomic E-state index is 6.24. The van der Waals surface area contributed by atoms with Crippen LogP contribution in [0.15, 0.2) is 52.6 Å². The topological polar surface area (TPSA) is 56.2 Å². The van der Waals surface area contributed by atoms with Crippen LogP contribution in [0.1, 0.15) is 5.56 Å². The lowest BCUT2D eigenvalue weighted by Gasteiger charge is -2.08. The molecule has 0 aliphatic heterocycles. The third-order valence-corrected chi connectivity index (χ3v) is 4.32. The lowest BCUT2D eigenvalue weighted by atomic mass is 10.2. The molecule has 4 nitrogen and oxygen atoms in total. The van der Waals surface area contributed by atoms with Crippen molar-refractivity contribution in [2.24, 2.45) is 5.73 Å². The van der Waals surface area contributed by atoms with E-state index in [0.29, 0.717) is 11.6 Å². The van der Waals surface area contributed by atoms with E-state index >= 15 is 0 Å². The van der Waals surface area contributed by atoms with Crippen molar-refractivity contribution < 1.29 is 0 Å². The molecule has 0 unspecified atom stereocenters. The standard InChI is InChI=1S/C13H11ClN4S/c14-10-5-3-4-9(8-15)12(10)19-13-17-16-11-6-1-2-7-18(11)13/h1-7H,8,15H2. The van der Waals surface area contributed by atoms with E-state index in [4.69, 9.17) is 17.3 Å². The molecule has 0 amide bonds. The molecule has 0 spiro atoms. The number of pyridine rings is 1. The fourth-order valence-corrected chi connectivity index (χ4v) is 3.08. The van der Waals surface area contributed by atoms with Crippen molar-refractivity contribution in [2.45, 2.75) is 16.6 Å². The molecule has 3 rings (SSSR count). The fourth-order valence-electron chi connectivity index (χ4n) is 1.81. The molecule has 0 radical (unpaired) electrons. The number of nitrogens with zero attached hydrogens (tertiary/aromatic N) is 3. The van der Waals surface area contributed by atoms with Crippen LogP contribution >= 0.6 is 23.4 Å². The average Bonchev–Trinajstić information content (AvgIpc) is 2.84. The Morgan fingerprint density at radius 2 is 2.05 bits per heavy atom. The third-order valence-electron chi connectivity index (χ3n) is 2.74. The highest BCUT2D eigenvalue weighted by Crippen LogP contribution is 2.35. The Kier molecular flexibility index (Phi) is 3.42. The Bertz CT molecular complexity index is 725. The Balaban J connectivity index is 2.06. The molecular weight excluding hydrogens is 280 g/mol. The highest BCUT2D eigenvalue weighted by atomic mass is 35.5. The van der Waals surface area contributed by atoms with Crippen molar-refractivity contribution in [1.82, 2.24) is 14.6 Å². The van der Waals surface area contributed by atoms with Crippen LogP contribution in [0.3, 0.4) is 0 Å². The van der Waals surface area contributed by atoms with Gasteiger partial charge in [0, 0.05) is 17.6 Å². The second kappa shape index (κ2) is 5.21. The van der Waals surface area contributed by atoms with Gasteiger partial charge in [0.05, 0.1) is 5.02 Å². The zero-order valence-corrected chi connectivity index (χ0v) is 11.5. The summed E-state index contributed by atoms with van der Waals surface area (Å²) < 4.78 is 1.92. The van der Waals surface area contributed by atoms with Crippen molar-refractivity contribution in [2.75, 3.05) is 0 Å². The molecule has 0 saturated carbocycles. The van der Waals surface area contributed by atoms with Gasteiger partial charge >= 0.3 is 0 Å². The van der Waals surface area contributed by atoms with Crippen LogP contribution in [-0.4, -0.2) is 14.6 Å². The molecular formula is C13H11ClN4S. The highest BCUT2D eigenvalue weighted by molar-refractivity contribution is 7.99.